The number of nitrogens with zero attached hydrogens (tertiary/aromatic N) is 2. The van der Waals surface area contributed by atoms with E-state index in [0.717, 1.165) is 9.20 Å². The zero-order valence-corrected chi connectivity index (χ0v) is 27.1. The Morgan fingerprint density at radius 3 is 2.21 bits per heavy atom. The highest BCUT2D eigenvalue weighted by molar-refractivity contribution is 7.98. The molecule has 0 heterocycles. The SMILES string of the molecule is CCCNC(=O)[C@@H](C)N(Cc1c(Cl)cccc1Cl)C(=O)CN(c1ccccc1OCC)S(=O)(=O)c1ccc(SC)cc1. The predicted octanol–water partition coefficient (Wildman–Crippen LogP) is 6.25. The van der Waals surface area contributed by atoms with Crippen molar-refractivity contribution < 1.29 is 22.7 Å². The number of rotatable bonds is 14. The van der Waals surface area contributed by atoms with Crippen molar-refractivity contribution in [2.24, 2.45) is 0 Å². The van der Waals surface area contributed by atoms with Crippen LogP contribution in [0.3, 0.4) is 0 Å². The lowest BCUT2D eigenvalue weighted by Gasteiger charge is -2.32. The maximum absolute atomic E-state index is 14.1. The number of nitrogens with one attached hydrogen (secondary N) is 1. The minimum absolute atomic E-state index is 0.00818. The van der Waals surface area contributed by atoms with Crippen LogP contribution in [0, 0.1) is 0 Å². The Hall–Kier alpha value is -2.92. The van der Waals surface area contributed by atoms with Gasteiger partial charge in [-0.3, -0.25) is 13.9 Å². The van der Waals surface area contributed by atoms with Crippen LogP contribution in [-0.2, 0) is 26.2 Å². The average Bonchev–Trinajstić information content (AvgIpc) is 2.98. The number of halogens is 2. The van der Waals surface area contributed by atoms with Gasteiger partial charge in [0.2, 0.25) is 11.8 Å². The van der Waals surface area contributed by atoms with E-state index in [4.69, 9.17) is 27.9 Å². The molecule has 0 spiro atoms. The lowest BCUT2D eigenvalue weighted by Crippen LogP contribution is -2.51. The highest BCUT2D eigenvalue weighted by atomic mass is 35.5. The van der Waals surface area contributed by atoms with Crippen molar-refractivity contribution in [3.63, 3.8) is 0 Å². The summed E-state index contributed by atoms with van der Waals surface area (Å²) < 4.78 is 35.0. The van der Waals surface area contributed by atoms with Crippen molar-refractivity contribution in [1.82, 2.24) is 10.2 Å². The fourth-order valence-corrected chi connectivity index (χ4v) is 6.51. The summed E-state index contributed by atoms with van der Waals surface area (Å²) in [6, 6.07) is 17.0. The molecule has 2 amide bonds. The number of hydrogen-bond acceptors (Lipinski definition) is 6. The number of para-hydroxylation sites is 2. The number of amides is 2. The van der Waals surface area contributed by atoms with E-state index in [1.54, 1.807) is 68.4 Å². The summed E-state index contributed by atoms with van der Waals surface area (Å²) in [7, 11) is -4.25. The monoisotopic (exact) mass is 651 g/mol. The molecule has 0 fully saturated rings. The first-order chi connectivity index (χ1) is 20.0. The van der Waals surface area contributed by atoms with Crippen molar-refractivity contribution in [3.8, 4) is 5.75 Å². The maximum atomic E-state index is 14.1. The van der Waals surface area contributed by atoms with Crippen molar-refractivity contribution >= 4 is 62.5 Å². The highest BCUT2D eigenvalue weighted by Crippen LogP contribution is 2.34. The molecule has 0 saturated heterocycles. The van der Waals surface area contributed by atoms with Crippen LogP contribution in [0.25, 0.3) is 0 Å². The standard InChI is InChI=1S/C30H35Cl2N3O5S2/c1-5-18-33-30(37)21(3)34(19-24-25(31)10-9-11-26(24)32)29(36)20-35(27-12-7-8-13-28(27)40-6-2)42(38,39)23-16-14-22(41-4)15-17-23/h7-17,21H,5-6,18-20H2,1-4H3,(H,33,37)/t21-/m1/s1. The van der Waals surface area contributed by atoms with Crippen molar-refractivity contribution in [2.45, 2.75) is 49.6 Å². The van der Waals surface area contributed by atoms with E-state index in [-0.39, 0.29) is 29.6 Å². The molecule has 12 heteroatoms. The molecular formula is C30H35Cl2N3O5S2. The molecule has 3 aromatic carbocycles. The summed E-state index contributed by atoms with van der Waals surface area (Å²) >= 11 is 14.3. The van der Waals surface area contributed by atoms with Crippen LogP contribution in [0.1, 0.15) is 32.8 Å². The lowest BCUT2D eigenvalue weighted by molar-refractivity contribution is -0.139. The van der Waals surface area contributed by atoms with Gasteiger partial charge >= 0.3 is 0 Å². The minimum Gasteiger partial charge on any atom is -0.492 e. The Bertz CT molecular complexity index is 1470. The van der Waals surface area contributed by atoms with Crippen molar-refractivity contribution in [1.29, 1.82) is 0 Å². The fraction of sp³-hybridized carbons (Fsp3) is 0.333. The second kappa shape index (κ2) is 15.5. The normalized spacial score (nSPS) is 12.0. The molecule has 1 N–H and O–H groups in total. The Morgan fingerprint density at radius 1 is 0.976 bits per heavy atom. The molecule has 42 heavy (non-hydrogen) atoms. The summed E-state index contributed by atoms with van der Waals surface area (Å²) in [5.74, 6) is -0.711. The van der Waals surface area contributed by atoms with E-state index >= 15 is 0 Å². The third-order valence-electron chi connectivity index (χ3n) is 6.47. The Labute approximate surface area is 262 Å². The van der Waals surface area contributed by atoms with E-state index in [1.165, 1.54) is 28.8 Å². The van der Waals surface area contributed by atoms with Gasteiger partial charge in [-0.1, -0.05) is 48.3 Å². The van der Waals surface area contributed by atoms with Gasteiger partial charge in [0.25, 0.3) is 10.0 Å². The number of sulfonamides is 1. The Kier molecular flexibility index (Phi) is 12.4. The largest absolute Gasteiger partial charge is 0.492 e. The molecule has 3 aromatic rings. The second-order valence-corrected chi connectivity index (χ2v) is 12.8. The van der Waals surface area contributed by atoms with E-state index in [0.29, 0.717) is 34.3 Å². The minimum atomic E-state index is -4.25. The average molecular weight is 653 g/mol. The van der Waals surface area contributed by atoms with Gasteiger partial charge in [-0.2, -0.15) is 0 Å². The van der Waals surface area contributed by atoms with Crippen molar-refractivity contribution in [3.05, 3.63) is 82.3 Å². The molecule has 8 nitrogen and oxygen atoms in total. The van der Waals surface area contributed by atoms with E-state index in [2.05, 4.69) is 5.32 Å². The van der Waals surface area contributed by atoms with Crippen LogP contribution in [0.15, 0.2) is 76.5 Å². The molecule has 3 rings (SSSR count). The summed E-state index contributed by atoms with van der Waals surface area (Å²) in [5.41, 5.74) is 0.640. The van der Waals surface area contributed by atoms with Gasteiger partial charge in [-0.25, -0.2) is 8.42 Å². The zero-order chi connectivity index (χ0) is 30.9. The number of anilines is 1. The molecule has 0 bridgehead atoms. The van der Waals surface area contributed by atoms with Gasteiger partial charge in [0.05, 0.1) is 17.2 Å². The Balaban J connectivity index is 2.11. The fourth-order valence-electron chi connectivity index (χ4n) is 4.16. The molecule has 0 aromatic heterocycles. The number of ether oxygens (including phenoxy) is 1. The topological polar surface area (TPSA) is 96.0 Å². The van der Waals surface area contributed by atoms with E-state index < -0.39 is 28.5 Å². The second-order valence-electron chi connectivity index (χ2n) is 9.28. The van der Waals surface area contributed by atoms with Crippen LogP contribution in [-0.4, -0.2) is 57.1 Å². The van der Waals surface area contributed by atoms with Crippen molar-refractivity contribution in [2.75, 3.05) is 30.3 Å². The van der Waals surface area contributed by atoms with E-state index in [9.17, 15) is 18.0 Å². The van der Waals surface area contributed by atoms with E-state index in [1.807, 2.05) is 13.2 Å². The van der Waals surface area contributed by atoms with Gasteiger partial charge in [-0.15, -0.1) is 11.8 Å². The molecule has 226 valence electrons. The maximum Gasteiger partial charge on any atom is 0.264 e. The first-order valence-corrected chi connectivity index (χ1v) is 16.9. The lowest BCUT2D eigenvalue weighted by atomic mass is 10.1. The number of benzene rings is 3. The zero-order valence-electron chi connectivity index (χ0n) is 24.0. The van der Waals surface area contributed by atoms with Crippen LogP contribution in [0.2, 0.25) is 10.0 Å². The number of carbonyl (C=O) groups is 2. The van der Waals surface area contributed by atoms with Gasteiger partial charge in [0, 0.05) is 33.6 Å². The van der Waals surface area contributed by atoms with Crippen LogP contribution in [0.5, 0.6) is 5.75 Å². The number of carbonyl (C=O) groups excluding carboxylic acids is 2. The van der Waals surface area contributed by atoms with Gasteiger partial charge < -0.3 is 15.0 Å². The van der Waals surface area contributed by atoms with Gasteiger partial charge in [0.1, 0.15) is 18.3 Å². The number of thioether (sulfide) groups is 1. The molecule has 0 aliphatic carbocycles. The quantitative estimate of drug-likeness (QED) is 0.207. The first kappa shape index (κ1) is 33.6. The van der Waals surface area contributed by atoms with Crippen LogP contribution >= 0.6 is 35.0 Å². The number of hydrogen-bond donors (Lipinski definition) is 1. The Morgan fingerprint density at radius 2 is 1.62 bits per heavy atom. The summed E-state index contributed by atoms with van der Waals surface area (Å²) in [5, 5.41) is 3.45. The van der Waals surface area contributed by atoms with Crippen LogP contribution < -0.4 is 14.4 Å². The molecule has 1 atom stereocenters. The third kappa shape index (κ3) is 8.12. The molecular weight excluding hydrogens is 617 g/mol. The summed E-state index contributed by atoms with van der Waals surface area (Å²) in [4.78, 5) is 29.4. The molecule has 0 radical (unpaired) electrons. The van der Waals surface area contributed by atoms with Crippen LogP contribution in [0.4, 0.5) is 5.69 Å². The first-order valence-electron chi connectivity index (χ1n) is 13.4. The molecule has 0 aliphatic heterocycles. The van der Waals surface area contributed by atoms with Gasteiger partial charge in [-0.05, 0) is 75.1 Å². The van der Waals surface area contributed by atoms with Gasteiger partial charge in [0.15, 0.2) is 0 Å². The summed E-state index contributed by atoms with van der Waals surface area (Å²) in [6.45, 7) is 5.28. The predicted molar refractivity (Wildman–Crippen MR) is 170 cm³/mol. The molecule has 0 saturated carbocycles. The summed E-state index contributed by atoms with van der Waals surface area (Å²) in [6.07, 6.45) is 2.60. The molecule has 0 unspecified atom stereocenters. The molecule has 0 aliphatic rings. The smallest absolute Gasteiger partial charge is 0.264 e. The highest BCUT2D eigenvalue weighted by Gasteiger charge is 2.34. The third-order valence-corrected chi connectivity index (χ3v) is 9.69.